The Balaban J connectivity index is 0.000000199. The summed E-state index contributed by atoms with van der Waals surface area (Å²) in [5.41, 5.74) is 2.71. The third-order valence-electron chi connectivity index (χ3n) is 11.3. The molecule has 2 aliphatic rings. The highest BCUT2D eigenvalue weighted by molar-refractivity contribution is 7.10. The monoisotopic (exact) mass is 918 g/mol. The number of hydrogen-bond donors (Lipinski definition) is 3. The predicted molar refractivity (Wildman–Crippen MR) is 254 cm³/mol. The molecule has 3 amide bonds. The van der Waals surface area contributed by atoms with Crippen LogP contribution in [0.4, 0.5) is 0 Å². The fourth-order valence-corrected chi connectivity index (χ4v) is 9.92. The quantitative estimate of drug-likeness (QED) is 0.104. The summed E-state index contributed by atoms with van der Waals surface area (Å²) in [5.74, 6) is -1.40. The highest BCUT2D eigenvalue weighted by Gasteiger charge is 2.35. The number of piperazine rings is 2. The van der Waals surface area contributed by atoms with Crippen molar-refractivity contribution in [2.75, 3.05) is 54.4 Å². The van der Waals surface area contributed by atoms with Crippen LogP contribution < -0.4 is 5.32 Å². The number of carbonyl (C=O) groups excluding carboxylic acids is 4. The SMILES string of the molecule is CNC.C[C@@H]1CN(Cc2cccs2)[C@@H](C)CN1C(=O)c1cc2c(C(=O)C(=O)N(C)C)c[nH]c2cc1Cl.C[C@@H]1CN(Cc2cccs2)[C@@H](C)CN1C(=O)c1cc2cc[nH]c2cc1Cl. The van der Waals surface area contributed by atoms with E-state index in [1.807, 2.05) is 55.2 Å². The number of benzene rings is 2. The van der Waals surface area contributed by atoms with Gasteiger partial charge < -0.3 is 30.0 Å². The molecule has 6 heterocycles. The van der Waals surface area contributed by atoms with Gasteiger partial charge in [0.1, 0.15) is 0 Å². The Bertz CT molecular complexity index is 2480. The van der Waals surface area contributed by atoms with Crippen LogP contribution in [-0.2, 0) is 17.9 Å². The van der Waals surface area contributed by atoms with E-state index in [1.54, 1.807) is 34.8 Å². The average molecular weight is 920 g/mol. The van der Waals surface area contributed by atoms with Gasteiger partial charge in [0.2, 0.25) is 0 Å². The highest BCUT2D eigenvalue weighted by Crippen LogP contribution is 2.31. The molecule has 2 aromatic carbocycles. The zero-order valence-electron chi connectivity index (χ0n) is 36.5. The first-order valence-corrected chi connectivity index (χ1v) is 23.2. The van der Waals surface area contributed by atoms with E-state index in [0.29, 0.717) is 51.2 Å². The van der Waals surface area contributed by atoms with Crippen molar-refractivity contribution in [1.29, 1.82) is 0 Å². The first-order chi connectivity index (χ1) is 29.6. The van der Waals surface area contributed by atoms with E-state index in [9.17, 15) is 19.2 Å². The highest BCUT2D eigenvalue weighted by atomic mass is 35.5. The van der Waals surface area contributed by atoms with E-state index in [-0.39, 0.29) is 35.5 Å². The van der Waals surface area contributed by atoms with Crippen LogP contribution in [0.25, 0.3) is 21.8 Å². The van der Waals surface area contributed by atoms with Gasteiger partial charge >= 0.3 is 0 Å². The van der Waals surface area contributed by atoms with Gasteiger partial charge in [-0.2, -0.15) is 0 Å². The molecule has 3 N–H and O–H groups in total. The summed E-state index contributed by atoms with van der Waals surface area (Å²) in [5, 5.41) is 9.28. The molecule has 16 heteroatoms. The van der Waals surface area contributed by atoms with Crippen LogP contribution in [0.15, 0.2) is 77.8 Å². The van der Waals surface area contributed by atoms with Crippen molar-refractivity contribution in [3.63, 3.8) is 0 Å². The van der Waals surface area contributed by atoms with Crippen LogP contribution in [0.1, 0.15) is 68.5 Å². The standard InChI is InChI=1S/C24H27ClN4O3S.C20H22ClN3OS.C2H7N/c1-14-12-29(15(2)11-28(14)13-16-6-5-7-33-16)23(31)18-8-17-19(22(30)24(32)27(3)4)10-26-21(17)9-20(18)25;1-13-11-24(14(2)10-23(13)12-16-4-3-7-26-16)20(25)17-8-15-5-6-22-19(15)9-18(17)21;1-3-2/h5-10,14-15,26H,11-13H2,1-4H3;3-9,13-14,22H,10-12H2,1-2H3;3H,1-2H3/t14-,15+;13-,14+;/m00./s1. The van der Waals surface area contributed by atoms with Crippen LogP contribution in [-0.4, -0.2) is 137 Å². The summed E-state index contributed by atoms with van der Waals surface area (Å²) in [7, 11) is 6.81. The Labute approximate surface area is 381 Å². The number of H-pyrrole nitrogens is 2. The Morgan fingerprint density at radius 2 is 1.19 bits per heavy atom. The molecule has 0 saturated carbocycles. The van der Waals surface area contributed by atoms with Gasteiger partial charge in [0.15, 0.2) is 0 Å². The smallest absolute Gasteiger partial charge is 0.294 e. The molecule has 12 nitrogen and oxygen atoms in total. The molecule has 0 unspecified atom stereocenters. The van der Waals surface area contributed by atoms with Gasteiger partial charge in [0.05, 0.1) is 26.7 Å². The van der Waals surface area contributed by atoms with E-state index < -0.39 is 11.7 Å². The summed E-state index contributed by atoms with van der Waals surface area (Å²) in [4.78, 5) is 70.3. The maximum absolute atomic E-state index is 13.5. The van der Waals surface area contributed by atoms with Crippen molar-refractivity contribution < 1.29 is 19.2 Å². The molecule has 2 saturated heterocycles. The molecule has 2 fully saturated rings. The van der Waals surface area contributed by atoms with Crippen LogP contribution in [0.5, 0.6) is 0 Å². The molecule has 6 aromatic rings. The average Bonchev–Trinajstić information content (AvgIpc) is 4.08. The largest absolute Gasteiger partial charge is 0.361 e. The first-order valence-electron chi connectivity index (χ1n) is 20.7. The molecule has 62 heavy (non-hydrogen) atoms. The Kier molecular flexibility index (Phi) is 15.7. The van der Waals surface area contributed by atoms with Crippen molar-refractivity contribution in [1.82, 2.24) is 39.8 Å². The number of rotatable bonds is 8. The number of thiophene rings is 2. The molecule has 0 radical (unpaired) electrons. The topological polar surface area (TPSA) is 128 Å². The second kappa shape index (κ2) is 20.8. The van der Waals surface area contributed by atoms with Crippen LogP contribution in [0, 0.1) is 0 Å². The van der Waals surface area contributed by atoms with Gasteiger partial charge in [-0.25, -0.2) is 0 Å². The number of hydrogen-bond acceptors (Lipinski definition) is 9. The number of carbonyl (C=O) groups is 4. The van der Waals surface area contributed by atoms with Crippen LogP contribution in [0.3, 0.4) is 0 Å². The molecule has 330 valence electrons. The van der Waals surface area contributed by atoms with Crippen LogP contribution in [0.2, 0.25) is 10.0 Å². The van der Waals surface area contributed by atoms with Crippen molar-refractivity contribution in [3.05, 3.63) is 114 Å². The lowest BCUT2D eigenvalue weighted by atomic mass is 10.0. The van der Waals surface area contributed by atoms with Gasteiger partial charge in [0.25, 0.3) is 23.5 Å². The minimum atomic E-state index is -0.629. The number of halogens is 2. The number of amides is 3. The summed E-state index contributed by atoms with van der Waals surface area (Å²) < 4.78 is 0. The number of aromatic nitrogens is 2. The van der Waals surface area contributed by atoms with E-state index >= 15 is 0 Å². The zero-order valence-corrected chi connectivity index (χ0v) is 39.6. The molecule has 2 aliphatic heterocycles. The Hall–Kier alpha value is -4.54. The number of aromatic amines is 2. The molecular weight excluding hydrogens is 864 g/mol. The van der Waals surface area contributed by atoms with Crippen molar-refractivity contribution in [2.24, 2.45) is 0 Å². The van der Waals surface area contributed by atoms with Crippen molar-refractivity contribution >= 4 is 91.2 Å². The second-order valence-corrected chi connectivity index (χ2v) is 19.2. The zero-order chi connectivity index (χ0) is 44.8. The normalized spacial score (nSPS) is 19.5. The molecular formula is C46H56Cl2N8O4S2. The van der Waals surface area contributed by atoms with E-state index in [2.05, 4.69) is 80.9 Å². The summed E-state index contributed by atoms with van der Waals surface area (Å²) in [6, 6.07) is 18.1. The molecule has 8 rings (SSSR count). The molecule has 4 aromatic heterocycles. The summed E-state index contributed by atoms with van der Waals surface area (Å²) >= 11 is 16.4. The number of fused-ring (bicyclic) bond motifs is 2. The minimum Gasteiger partial charge on any atom is -0.361 e. The molecule has 0 spiro atoms. The third-order valence-corrected chi connectivity index (χ3v) is 13.7. The number of ketones is 1. The second-order valence-electron chi connectivity index (χ2n) is 16.3. The third kappa shape index (κ3) is 10.6. The maximum Gasteiger partial charge on any atom is 0.294 e. The fraction of sp³-hybridized carbons (Fsp3) is 0.391. The van der Waals surface area contributed by atoms with Crippen LogP contribution >= 0.6 is 45.9 Å². The molecule has 4 atom stereocenters. The fourth-order valence-electron chi connectivity index (χ4n) is 7.97. The van der Waals surface area contributed by atoms with E-state index in [0.717, 1.165) is 37.1 Å². The molecule has 0 aliphatic carbocycles. The van der Waals surface area contributed by atoms with Gasteiger partial charge in [-0.3, -0.25) is 29.0 Å². The van der Waals surface area contributed by atoms with E-state index in [4.69, 9.17) is 23.2 Å². The number of Topliss-reactive ketones (excluding diaryl/α,β-unsaturated/α-hetero) is 1. The minimum absolute atomic E-state index is 0.00284. The van der Waals surface area contributed by atoms with Gasteiger partial charge in [0, 0.05) is 121 Å². The molecule has 0 bridgehead atoms. The summed E-state index contributed by atoms with van der Waals surface area (Å²) in [6.07, 6.45) is 3.36. The van der Waals surface area contributed by atoms with E-state index in [1.165, 1.54) is 34.9 Å². The number of likely N-dealkylation sites (N-methyl/N-ethyl adjacent to an activating group) is 1. The predicted octanol–water partition coefficient (Wildman–Crippen LogP) is 8.34. The lowest BCUT2D eigenvalue weighted by Crippen LogP contribution is -2.57. The lowest BCUT2D eigenvalue weighted by Gasteiger charge is -2.44. The number of nitrogens with one attached hydrogen (secondary N) is 3. The summed E-state index contributed by atoms with van der Waals surface area (Å²) in [6.45, 7) is 13.2. The first kappa shape index (κ1) is 47.0. The van der Waals surface area contributed by atoms with Crippen molar-refractivity contribution in [3.8, 4) is 0 Å². The Morgan fingerprint density at radius 1 is 0.694 bits per heavy atom. The lowest BCUT2D eigenvalue weighted by molar-refractivity contribution is -0.124. The van der Waals surface area contributed by atoms with Crippen molar-refractivity contribution in [2.45, 2.75) is 65.0 Å². The van der Waals surface area contributed by atoms with Gasteiger partial charge in [-0.1, -0.05) is 35.3 Å². The van der Waals surface area contributed by atoms with Gasteiger partial charge in [-0.15, -0.1) is 22.7 Å². The Morgan fingerprint density at radius 3 is 1.68 bits per heavy atom. The number of nitrogens with zero attached hydrogens (tertiary/aromatic N) is 5. The van der Waals surface area contributed by atoms with Gasteiger partial charge in [-0.05, 0) is 95.0 Å². The maximum atomic E-state index is 13.5.